The molecular weight excluding hydrogens is 446 g/mol. The second-order valence-electron chi connectivity index (χ2n) is 8.63. The summed E-state index contributed by atoms with van der Waals surface area (Å²) in [5.41, 5.74) is 10.4. The molecule has 10 nitrogen and oxygen atoms in total. The van der Waals surface area contributed by atoms with Gasteiger partial charge in [0.25, 0.3) is 5.69 Å². The average Bonchev–Trinajstić information content (AvgIpc) is 3.44. The maximum absolute atomic E-state index is 11.1. The highest BCUT2D eigenvalue weighted by molar-refractivity contribution is 5.68. The van der Waals surface area contributed by atoms with E-state index in [2.05, 4.69) is 20.6 Å². The van der Waals surface area contributed by atoms with Gasteiger partial charge in [0, 0.05) is 23.3 Å². The molecule has 1 aliphatic rings. The zero-order valence-corrected chi connectivity index (χ0v) is 19.0. The number of non-ortho nitro benzene ring substituents is 1. The lowest BCUT2D eigenvalue weighted by Gasteiger charge is -2.25. The van der Waals surface area contributed by atoms with Crippen molar-refractivity contribution in [3.8, 4) is 17.1 Å². The standard InChI is InChI=1S/C25H25N7O3/c26-22-20(16-7-3-1-4-8-16)15-21(17-11-13-19(14-12-17)32(33)34)27-25(22)35-23(24-28-30-31-29-24)18-9-5-2-6-10-18/h2,5-6,9-16,23H,1,3-4,7-8,26H2,(H,28,29,30,31). The molecule has 1 unspecified atom stereocenters. The summed E-state index contributed by atoms with van der Waals surface area (Å²) in [4.78, 5) is 15.4. The van der Waals surface area contributed by atoms with Gasteiger partial charge < -0.3 is 10.5 Å². The second-order valence-corrected chi connectivity index (χ2v) is 8.63. The van der Waals surface area contributed by atoms with Gasteiger partial charge in [-0.05, 0) is 42.5 Å². The number of tetrazole rings is 1. The first-order valence-electron chi connectivity index (χ1n) is 11.6. The molecule has 0 aliphatic heterocycles. The molecule has 10 heteroatoms. The lowest BCUT2D eigenvalue weighted by Crippen LogP contribution is -2.15. The summed E-state index contributed by atoms with van der Waals surface area (Å²) in [6.07, 6.45) is 4.92. The maximum atomic E-state index is 11.1. The van der Waals surface area contributed by atoms with Gasteiger partial charge in [0.15, 0.2) is 6.10 Å². The normalized spacial score (nSPS) is 15.0. The van der Waals surface area contributed by atoms with Gasteiger partial charge in [-0.1, -0.05) is 54.8 Å². The monoisotopic (exact) mass is 471 g/mol. The number of aromatic nitrogens is 5. The van der Waals surface area contributed by atoms with Crippen LogP contribution in [-0.4, -0.2) is 30.5 Å². The van der Waals surface area contributed by atoms with E-state index in [1.54, 1.807) is 12.1 Å². The molecule has 35 heavy (non-hydrogen) atoms. The van der Waals surface area contributed by atoms with E-state index in [-0.39, 0.29) is 11.6 Å². The summed E-state index contributed by atoms with van der Waals surface area (Å²) < 4.78 is 6.40. The van der Waals surface area contributed by atoms with E-state index in [0.717, 1.165) is 42.4 Å². The number of nitro groups is 1. The van der Waals surface area contributed by atoms with Crippen LogP contribution in [0.25, 0.3) is 11.3 Å². The van der Waals surface area contributed by atoms with Gasteiger partial charge in [-0.25, -0.2) is 4.98 Å². The van der Waals surface area contributed by atoms with Crippen molar-refractivity contribution in [2.45, 2.75) is 44.1 Å². The Morgan fingerprint density at radius 1 is 1.06 bits per heavy atom. The summed E-state index contributed by atoms with van der Waals surface area (Å²) in [5.74, 6) is 0.934. The SMILES string of the molecule is Nc1c(C2CCCCC2)cc(-c2ccc([N+](=O)[O-])cc2)nc1OC(c1ccccc1)c1nn[nH]n1. The molecule has 1 fully saturated rings. The van der Waals surface area contributed by atoms with Gasteiger partial charge in [-0.3, -0.25) is 10.1 Å². The highest BCUT2D eigenvalue weighted by Gasteiger charge is 2.26. The lowest BCUT2D eigenvalue weighted by molar-refractivity contribution is -0.384. The van der Waals surface area contributed by atoms with E-state index in [1.165, 1.54) is 18.6 Å². The average molecular weight is 472 g/mol. The van der Waals surface area contributed by atoms with Crippen molar-refractivity contribution in [1.82, 2.24) is 25.6 Å². The predicted molar refractivity (Wildman–Crippen MR) is 130 cm³/mol. The van der Waals surface area contributed by atoms with Gasteiger partial charge in [-0.2, -0.15) is 5.21 Å². The zero-order chi connectivity index (χ0) is 24.2. The van der Waals surface area contributed by atoms with Crippen LogP contribution in [0.5, 0.6) is 5.88 Å². The Morgan fingerprint density at radius 3 is 2.46 bits per heavy atom. The van der Waals surface area contributed by atoms with E-state index in [1.807, 2.05) is 36.4 Å². The van der Waals surface area contributed by atoms with E-state index >= 15 is 0 Å². The third-order valence-corrected chi connectivity index (χ3v) is 6.40. The smallest absolute Gasteiger partial charge is 0.269 e. The van der Waals surface area contributed by atoms with E-state index < -0.39 is 11.0 Å². The third-order valence-electron chi connectivity index (χ3n) is 6.40. The van der Waals surface area contributed by atoms with Crippen molar-refractivity contribution in [2.75, 3.05) is 5.73 Å². The summed E-state index contributed by atoms with van der Waals surface area (Å²) >= 11 is 0. The summed E-state index contributed by atoms with van der Waals surface area (Å²) in [6.45, 7) is 0. The van der Waals surface area contributed by atoms with Gasteiger partial charge in [0.05, 0.1) is 16.3 Å². The lowest BCUT2D eigenvalue weighted by atomic mass is 9.83. The molecule has 2 aromatic carbocycles. The number of anilines is 1. The number of pyridine rings is 1. The van der Waals surface area contributed by atoms with Crippen LogP contribution < -0.4 is 10.5 Å². The first kappa shape index (κ1) is 22.5. The van der Waals surface area contributed by atoms with Crippen LogP contribution in [0.3, 0.4) is 0 Å². The fourth-order valence-corrected chi connectivity index (χ4v) is 4.58. The number of nitrogens with two attached hydrogens (primary N) is 1. The molecule has 0 bridgehead atoms. The number of H-pyrrole nitrogens is 1. The van der Waals surface area contributed by atoms with Crippen molar-refractivity contribution in [3.05, 3.63) is 87.7 Å². The van der Waals surface area contributed by atoms with Crippen LogP contribution in [0.2, 0.25) is 0 Å². The fourth-order valence-electron chi connectivity index (χ4n) is 4.58. The number of hydrogen-bond acceptors (Lipinski definition) is 8. The highest BCUT2D eigenvalue weighted by Crippen LogP contribution is 2.41. The molecule has 0 radical (unpaired) electrons. The number of rotatable bonds is 7. The number of nitrogens with zero attached hydrogens (tertiary/aromatic N) is 5. The number of nitrogens with one attached hydrogen (secondary N) is 1. The number of nitro benzene ring substituents is 1. The van der Waals surface area contributed by atoms with Crippen molar-refractivity contribution in [1.29, 1.82) is 0 Å². The van der Waals surface area contributed by atoms with Gasteiger partial charge in [-0.15, -0.1) is 10.2 Å². The molecule has 3 N–H and O–H groups in total. The maximum Gasteiger partial charge on any atom is 0.269 e. The summed E-state index contributed by atoms with van der Waals surface area (Å²) in [6, 6.07) is 17.9. The Balaban J connectivity index is 1.59. The first-order chi connectivity index (χ1) is 17.1. The van der Waals surface area contributed by atoms with E-state index in [4.69, 9.17) is 15.5 Å². The van der Waals surface area contributed by atoms with Gasteiger partial charge >= 0.3 is 0 Å². The molecular formula is C25H25N7O3. The number of hydrogen-bond donors (Lipinski definition) is 2. The number of nitrogen functional groups attached to an aromatic ring is 1. The predicted octanol–water partition coefficient (Wildman–Crippen LogP) is 4.97. The molecule has 0 amide bonds. The Labute approximate surface area is 201 Å². The molecule has 1 atom stereocenters. The molecule has 2 heterocycles. The van der Waals surface area contributed by atoms with Gasteiger partial charge in [0.2, 0.25) is 11.7 Å². The Morgan fingerprint density at radius 2 is 1.80 bits per heavy atom. The molecule has 5 rings (SSSR count). The number of ether oxygens (including phenoxy) is 1. The van der Waals surface area contributed by atoms with Crippen LogP contribution >= 0.6 is 0 Å². The van der Waals surface area contributed by atoms with Crippen LogP contribution in [0.1, 0.15) is 61.1 Å². The number of benzene rings is 2. The van der Waals surface area contributed by atoms with E-state index in [0.29, 0.717) is 23.1 Å². The van der Waals surface area contributed by atoms with Crippen molar-refractivity contribution in [3.63, 3.8) is 0 Å². The Hall–Kier alpha value is -4.34. The van der Waals surface area contributed by atoms with E-state index in [9.17, 15) is 10.1 Å². The molecule has 178 valence electrons. The zero-order valence-electron chi connectivity index (χ0n) is 19.0. The van der Waals surface area contributed by atoms with Crippen molar-refractivity contribution >= 4 is 11.4 Å². The molecule has 1 saturated carbocycles. The van der Waals surface area contributed by atoms with Crippen LogP contribution in [-0.2, 0) is 0 Å². The van der Waals surface area contributed by atoms with Crippen molar-refractivity contribution in [2.24, 2.45) is 0 Å². The molecule has 4 aromatic rings. The van der Waals surface area contributed by atoms with Gasteiger partial charge in [0.1, 0.15) is 0 Å². The van der Waals surface area contributed by atoms with Crippen molar-refractivity contribution < 1.29 is 9.66 Å². The Kier molecular flexibility index (Phi) is 6.34. The highest BCUT2D eigenvalue weighted by atomic mass is 16.6. The topological polar surface area (TPSA) is 146 Å². The quantitative estimate of drug-likeness (QED) is 0.284. The summed E-state index contributed by atoms with van der Waals surface area (Å²) in [5, 5.41) is 25.5. The van der Waals surface area contributed by atoms with Crippen LogP contribution in [0, 0.1) is 10.1 Å². The fraction of sp³-hybridized carbons (Fsp3) is 0.280. The minimum Gasteiger partial charge on any atom is -0.460 e. The number of aromatic amines is 1. The largest absolute Gasteiger partial charge is 0.460 e. The molecule has 2 aromatic heterocycles. The minimum absolute atomic E-state index is 0.0226. The third kappa shape index (κ3) is 4.81. The summed E-state index contributed by atoms with van der Waals surface area (Å²) in [7, 11) is 0. The molecule has 1 aliphatic carbocycles. The Bertz CT molecular complexity index is 1290. The molecule has 0 spiro atoms. The minimum atomic E-state index is -0.670. The molecule has 0 saturated heterocycles. The van der Waals surface area contributed by atoms with Crippen LogP contribution in [0.4, 0.5) is 11.4 Å². The first-order valence-corrected chi connectivity index (χ1v) is 11.6. The van der Waals surface area contributed by atoms with Crippen LogP contribution in [0.15, 0.2) is 60.7 Å². The second kappa shape index (κ2) is 9.88.